The first kappa shape index (κ1) is 13.9. The van der Waals surface area contributed by atoms with Gasteiger partial charge in [-0.2, -0.15) is 0 Å². The lowest BCUT2D eigenvalue weighted by molar-refractivity contribution is 0.0400. The highest BCUT2D eigenvalue weighted by atomic mass is 16.5. The van der Waals surface area contributed by atoms with Gasteiger partial charge in [-0.15, -0.1) is 0 Å². The van der Waals surface area contributed by atoms with Gasteiger partial charge in [0.05, 0.1) is 6.10 Å². The quantitative estimate of drug-likeness (QED) is 0.754. The van der Waals surface area contributed by atoms with E-state index in [9.17, 15) is 0 Å². The molecule has 0 bridgehead atoms. The second-order valence-electron chi connectivity index (χ2n) is 5.75. The largest absolute Gasteiger partial charge is 0.381 e. The third-order valence-electron chi connectivity index (χ3n) is 3.75. The molecule has 2 N–H and O–H groups in total. The minimum atomic E-state index is 0.310. The van der Waals surface area contributed by atoms with Crippen LogP contribution in [0, 0.1) is 5.41 Å². The normalized spacial score (nSPS) is 20.2. The zero-order valence-electron chi connectivity index (χ0n) is 11.2. The Bertz CT molecular complexity index is 186. The molecule has 3 heteroatoms. The van der Waals surface area contributed by atoms with Crippen LogP contribution in [0.15, 0.2) is 0 Å². The monoisotopic (exact) mass is 228 g/mol. The lowest BCUT2D eigenvalue weighted by atomic mass is 9.88. The summed E-state index contributed by atoms with van der Waals surface area (Å²) >= 11 is 0. The molecule has 1 rings (SSSR count). The molecule has 0 unspecified atom stereocenters. The summed E-state index contributed by atoms with van der Waals surface area (Å²) in [5.41, 5.74) is 6.04. The number of hydrogen-bond acceptors (Lipinski definition) is 3. The van der Waals surface area contributed by atoms with Crippen LogP contribution < -0.4 is 5.73 Å². The molecule has 1 heterocycles. The Morgan fingerprint density at radius 2 is 1.94 bits per heavy atom. The molecule has 0 saturated carbocycles. The molecule has 0 radical (unpaired) electrons. The van der Waals surface area contributed by atoms with Crippen LogP contribution in [0.3, 0.4) is 0 Å². The fourth-order valence-electron chi connectivity index (χ4n) is 2.25. The number of likely N-dealkylation sites (tertiary alicyclic amines) is 1. The minimum Gasteiger partial charge on any atom is -0.381 e. The maximum atomic E-state index is 5.73. The van der Waals surface area contributed by atoms with Crippen LogP contribution in [0.1, 0.15) is 39.5 Å². The maximum absolute atomic E-state index is 5.73. The summed E-state index contributed by atoms with van der Waals surface area (Å²) in [6, 6.07) is 0. The SMILES string of the molecule is COC1CCN(CCCC(C)(C)CN)CC1. The molecule has 1 saturated heterocycles. The highest BCUT2D eigenvalue weighted by Crippen LogP contribution is 2.21. The molecule has 0 aromatic rings. The molecule has 1 fully saturated rings. The number of hydrogen-bond donors (Lipinski definition) is 1. The van der Waals surface area contributed by atoms with Crippen LogP contribution in [0.25, 0.3) is 0 Å². The first-order chi connectivity index (χ1) is 7.57. The molecular formula is C13H28N2O. The highest BCUT2D eigenvalue weighted by molar-refractivity contribution is 4.74. The lowest BCUT2D eigenvalue weighted by Gasteiger charge is -2.32. The summed E-state index contributed by atoms with van der Waals surface area (Å²) in [7, 11) is 1.82. The molecule has 0 atom stereocenters. The zero-order valence-corrected chi connectivity index (χ0v) is 11.2. The summed E-state index contributed by atoms with van der Waals surface area (Å²) in [5, 5.41) is 0. The van der Waals surface area contributed by atoms with Gasteiger partial charge in [0.25, 0.3) is 0 Å². The van der Waals surface area contributed by atoms with Crippen LogP contribution in [-0.2, 0) is 4.74 Å². The van der Waals surface area contributed by atoms with E-state index in [1.165, 1.54) is 45.3 Å². The lowest BCUT2D eigenvalue weighted by Crippen LogP contribution is -2.37. The van der Waals surface area contributed by atoms with Gasteiger partial charge in [0.1, 0.15) is 0 Å². The summed E-state index contributed by atoms with van der Waals surface area (Å²) in [5.74, 6) is 0. The van der Waals surface area contributed by atoms with Crippen molar-refractivity contribution in [1.82, 2.24) is 4.90 Å². The molecule has 96 valence electrons. The van der Waals surface area contributed by atoms with E-state index in [-0.39, 0.29) is 0 Å². The number of nitrogens with zero attached hydrogens (tertiary/aromatic N) is 1. The summed E-state index contributed by atoms with van der Waals surface area (Å²) in [4.78, 5) is 2.56. The topological polar surface area (TPSA) is 38.5 Å². The second kappa shape index (κ2) is 6.58. The molecular weight excluding hydrogens is 200 g/mol. The number of nitrogens with two attached hydrogens (primary N) is 1. The van der Waals surface area contributed by atoms with Gasteiger partial charge in [-0.1, -0.05) is 13.8 Å². The van der Waals surface area contributed by atoms with Gasteiger partial charge in [0.15, 0.2) is 0 Å². The number of ether oxygens (including phenoxy) is 1. The van der Waals surface area contributed by atoms with Crippen LogP contribution in [0.4, 0.5) is 0 Å². The van der Waals surface area contributed by atoms with E-state index in [4.69, 9.17) is 10.5 Å². The predicted molar refractivity (Wildman–Crippen MR) is 68.5 cm³/mol. The molecule has 1 aliphatic rings. The molecule has 0 aromatic carbocycles. The average Bonchev–Trinajstić information content (AvgIpc) is 2.30. The molecule has 0 spiro atoms. The van der Waals surface area contributed by atoms with Crippen molar-refractivity contribution in [3.05, 3.63) is 0 Å². The van der Waals surface area contributed by atoms with Gasteiger partial charge in [-0.05, 0) is 44.2 Å². The first-order valence-electron chi connectivity index (χ1n) is 6.52. The van der Waals surface area contributed by atoms with Crippen LogP contribution in [0.5, 0.6) is 0 Å². The van der Waals surface area contributed by atoms with Crippen molar-refractivity contribution >= 4 is 0 Å². The fraction of sp³-hybridized carbons (Fsp3) is 1.00. The second-order valence-corrected chi connectivity index (χ2v) is 5.75. The summed E-state index contributed by atoms with van der Waals surface area (Å²) in [6.07, 6.45) is 5.38. The minimum absolute atomic E-state index is 0.310. The van der Waals surface area contributed by atoms with Crippen LogP contribution >= 0.6 is 0 Å². The third-order valence-corrected chi connectivity index (χ3v) is 3.75. The van der Waals surface area contributed by atoms with Crippen molar-refractivity contribution < 1.29 is 4.74 Å². The predicted octanol–water partition coefficient (Wildman–Crippen LogP) is 1.86. The highest BCUT2D eigenvalue weighted by Gasteiger charge is 2.19. The molecule has 0 aromatic heterocycles. The van der Waals surface area contributed by atoms with Gasteiger partial charge < -0.3 is 15.4 Å². The summed E-state index contributed by atoms with van der Waals surface area (Å²) in [6.45, 7) is 8.91. The Morgan fingerprint density at radius 3 is 2.44 bits per heavy atom. The van der Waals surface area contributed by atoms with Crippen molar-refractivity contribution in [1.29, 1.82) is 0 Å². The third kappa shape index (κ3) is 4.81. The zero-order chi connectivity index (χ0) is 12.0. The van der Waals surface area contributed by atoms with E-state index < -0.39 is 0 Å². The first-order valence-corrected chi connectivity index (χ1v) is 6.52. The molecule has 1 aliphatic heterocycles. The Balaban J connectivity index is 2.11. The number of methoxy groups -OCH3 is 1. The van der Waals surface area contributed by atoms with E-state index in [1.807, 2.05) is 7.11 Å². The van der Waals surface area contributed by atoms with Crippen molar-refractivity contribution in [3.8, 4) is 0 Å². The van der Waals surface area contributed by atoms with E-state index in [1.54, 1.807) is 0 Å². The standard InChI is InChI=1S/C13H28N2O/c1-13(2,11-14)7-4-8-15-9-5-12(16-3)6-10-15/h12H,4-11,14H2,1-3H3. The molecule has 3 nitrogen and oxygen atoms in total. The van der Waals surface area contributed by atoms with Crippen molar-refractivity contribution in [3.63, 3.8) is 0 Å². The van der Waals surface area contributed by atoms with Gasteiger partial charge >= 0.3 is 0 Å². The molecule has 0 aliphatic carbocycles. The van der Waals surface area contributed by atoms with E-state index in [0.717, 1.165) is 6.54 Å². The van der Waals surface area contributed by atoms with Crippen LogP contribution in [-0.4, -0.2) is 44.3 Å². The average molecular weight is 228 g/mol. The summed E-state index contributed by atoms with van der Waals surface area (Å²) < 4.78 is 5.37. The number of rotatable bonds is 6. The Kier molecular flexibility index (Phi) is 5.73. The number of piperidine rings is 1. The Hall–Kier alpha value is -0.120. The van der Waals surface area contributed by atoms with E-state index in [2.05, 4.69) is 18.7 Å². The fourth-order valence-corrected chi connectivity index (χ4v) is 2.25. The molecule has 16 heavy (non-hydrogen) atoms. The van der Waals surface area contributed by atoms with Gasteiger partial charge in [0, 0.05) is 20.2 Å². The van der Waals surface area contributed by atoms with E-state index in [0.29, 0.717) is 11.5 Å². The smallest absolute Gasteiger partial charge is 0.0595 e. The van der Waals surface area contributed by atoms with Crippen molar-refractivity contribution in [2.75, 3.05) is 33.3 Å². The molecule has 0 amide bonds. The van der Waals surface area contributed by atoms with Gasteiger partial charge in [0.2, 0.25) is 0 Å². The van der Waals surface area contributed by atoms with Crippen LogP contribution in [0.2, 0.25) is 0 Å². The maximum Gasteiger partial charge on any atom is 0.0595 e. The van der Waals surface area contributed by atoms with E-state index >= 15 is 0 Å². The van der Waals surface area contributed by atoms with Gasteiger partial charge in [-0.3, -0.25) is 0 Å². The Labute approximate surface area is 100 Å². The Morgan fingerprint density at radius 1 is 1.31 bits per heavy atom. The van der Waals surface area contributed by atoms with Crippen molar-refractivity contribution in [2.45, 2.75) is 45.6 Å². The van der Waals surface area contributed by atoms with Gasteiger partial charge in [-0.25, -0.2) is 0 Å². The van der Waals surface area contributed by atoms with Crippen molar-refractivity contribution in [2.24, 2.45) is 11.1 Å².